The largest absolute Gasteiger partial charge is 0.496 e. The molecule has 0 unspecified atom stereocenters. The molecule has 0 radical (unpaired) electrons. The second-order valence-electron chi connectivity index (χ2n) is 4.56. The summed E-state index contributed by atoms with van der Waals surface area (Å²) in [6, 6.07) is 13.6. The highest BCUT2D eigenvalue weighted by Gasteiger charge is 2.05. The van der Waals surface area contributed by atoms with E-state index < -0.39 is 0 Å². The minimum Gasteiger partial charge on any atom is -0.496 e. The second-order valence-corrected chi connectivity index (χ2v) is 4.56. The summed E-state index contributed by atoms with van der Waals surface area (Å²) in [6.45, 7) is 2.23. The summed E-state index contributed by atoms with van der Waals surface area (Å²) in [5.74, 6) is 7.07. The van der Waals surface area contributed by atoms with E-state index in [1.165, 1.54) is 0 Å². The molecule has 0 amide bonds. The summed E-state index contributed by atoms with van der Waals surface area (Å²) in [5, 5.41) is 8.83. The van der Waals surface area contributed by atoms with Crippen LogP contribution in [0.15, 0.2) is 42.5 Å². The van der Waals surface area contributed by atoms with E-state index in [4.69, 9.17) is 14.6 Å². The fourth-order valence-electron chi connectivity index (χ4n) is 1.98. The molecule has 0 aliphatic carbocycles. The van der Waals surface area contributed by atoms with Gasteiger partial charge in [-0.3, -0.25) is 0 Å². The van der Waals surface area contributed by atoms with Crippen molar-refractivity contribution in [1.82, 2.24) is 0 Å². The Morgan fingerprint density at radius 2 is 1.90 bits per heavy atom. The molecule has 0 aliphatic heterocycles. The lowest BCUT2D eigenvalue weighted by Gasteiger charge is -2.11. The minimum atomic E-state index is -0.167. The Morgan fingerprint density at radius 3 is 2.67 bits per heavy atom. The Kier molecular flexibility index (Phi) is 5.25. The number of benzene rings is 2. The van der Waals surface area contributed by atoms with E-state index in [1.54, 1.807) is 7.11 Å². The molecule has 3 nitrogen and oxygen atoms in total. The van der Waals surface area contributed by atoms with Gasteiger partial charge in [-0.1, -0.05) is 36.1 Å². The first-order chi connectivity index (χ1) is 10.2. The summed E-state index contributed by atoms with van der Waals surface area (Å²) in [4.78, 5) is 0. The number of rotatable bonds is 4. The Bertz CT molecular complexity index is 666. The average molecular weight is 282 g/mol. The molecule has 0 aliphatic rings. The number of aryl methyl sites for hydroxylation is 1. The zero-order chi connectivity index (χ0) is 15.1. The molecule has 1 N–H and O–H groups in total. The van der Waals surface area contributed by atoms with Crippen LogP contribution in [-0.2, 0) is 6.61 Å². The number of hydrogen-bond acceptors (Lipinski definition) is 3. The van der Waals surface area contributed by atoms with E-state index >= 15 is 0 Å². The first-order valence-corrected chi connectivity index (χ1v) is 6.69. The summed E-state index contributed by atoms with van der Waals surface area (Å²) in [7, 11) is 1.64. The van der Waals surface area contributed by atoms with Gasteiger partial charge in [-0.15, -0.1) is 0 Å². The zero-order valence-corrected chi connectivity index (χ0v) is 12.2. The van der Waals surface area contributed by atoms with Gasteiger partial charge in [0.2, 0.25) is 0 Å². The van der Waals surface area contributed by atoms with Gasteiger partial charge in [-0.05, 0) is 30.7 Å². The van der Waals surface area contributed by atoms with Crippen LogP contribution in [0, 0.1) is 18.8 Å². The van der Waals surface area contributed by atoms with Crippen LogP contribution >= 0.6 is 0 Å². The summed E-state index contributed by atoms with van der Waals surface area (Å²) in [6.07, 6.45) is 0. The molecule has 2 aromatic carbocycles. The molecule has 0 saturated carbocycles. The Hall–Kier alpha value is -2.44. The molecule has 0 bridgehead atoms. The molecule has 0 spiro atoms. The number of aliphatic hydroxyl groups excluding tert-OH is 1. The Labute approximate surface area is 125 Å². The fourth-order valence-corrected chi connectivity index (χ4v) is 1.98. The molecule has 2 rings (SSSR count). The van der Waals surface area contributed by atoms with Gasteiger partial charge in [0, 0.05) is 5.56 Å². The highest BCUT2D eigenvalue weighted by atomic mass is 16.5. The third-order valence-electron chi connectivity index (χ3n) is 3.01. The first kappa shape index (κ1) is 15.0. The van der Waals surface area contributed by atoms with Crippen molar-refractivity contribution in [3.05, 3.63) is 59.2 Å². The molecule has 0 aromatic heterocycles. The molecule has 0 heterocycles. The Morgan fingerprint density at radius 1 is 1.10 bits per heavy atom. The lowest BCUT2D eigenvalue weighted by molar-refractivity contribution is 0.296. The van der Waals surface area contributed by atoms with Crippen molar-refractivity contribution in [3.63, 3.8) is 0 Å². The van der Waals surface area contributed by atoms with E-state index in [0.29, 0.717) is 12.4 Å². The number of hydrogen-bond donors (Lipinski definition) is 1. The number of ether oxygens (including phenoxy) is 2. The first-order valence-electron chi connectivity index (χ1n) is 6.69. The van der Waals surface area contributed by atoms with Gasteiger partial charge < -0.3 is 14.6 Å². The van der Waals surface area contributed by atoms with Crippen molar-refractivity contribution in [2.24, 2.45) is 0 Å². The number of methoxy groups -OCH3 is 1. The van der Waals surface area contributed by atoms with Crippen molar-refractivity contribution >= 4 is 0 Å². The lowest BCUT2D eigenvalue weighted by atomic mass is 10.1. The van der Waals surface area contributed by atoms with Gasteiger partial charge >= 0.3 is 0 Å². The van der Waals surface area contributed by atoms with Crippen LogP contribution in [0.4, 0.5) is 0 Å². The highest BCUT2D eigenvalue weighted by molar-refractivity contribution is 5.48. The van der Waals surface area contributed by atoms with Crippen molar-refractivity contribution < 1.29 is 14.6 Å². The maximum absolute atomic E-state index is 8.83. The molecular weight excluding hydrogens is 264 g/mol. The van der Waals surface area contributed by atoms with Crippen LogP contribution in [0.1, 0.15) is 16.7 Å². The van der Waals surface area contributed by atoms with Crippen molar-refractivity contribution in [2.45, 2.75) is 13.5 Å². The van der Waals surface area contributed by atoms with E-state index in [1.807, 2.05) is 49.4 Å². The van der Waals surface area contributed by atoms with E-state index in [2.05, 4.69) is 11.8 Å². The van der Waals surface area contributed by atoms with Gasteiger partial charge in [-0.25, -0.2) is 0 Å². The molecule has 3 heteroatoms. The third kappa shape index (κ3) is 4.01. The maximum atomic E-state index is 8.83. The average Bonchev–Trinajstić information content (AvgIpc) is 2.52. The SMILES string of the molecule is COc1ccccc1COc1ccc(C)cc1C#CCO. The zero-order valence-electron chi connectivity index (χ0n) is 12.2. The van der Waals surface area contributed by atoms with Gasteiger partial charge in [0.15, 0.2) is 0 Å². The van der Waals surface area contributed by atoms with Gasteiger partial charge in [0.05, 0.1) is 12.7 Å². The van der Waals surface area contributed by atoms with Crippen molar-refractivity contribution in [1.29, 1.82) is 0 Å². The fraction of sp³-hybridized carbons (Fsp3) is 0.222. The number of aliphatic hydroxyl groups is 1. The minimum absolute atomic E-state index is 0.167. The van der Waals surface area contributed by atoms with E-state index in [9.17, 15) is 0 Å². The smallest absolute Gasteiger partial charge is 0.135 e. The normalized spacial score (nSPS) is 9.67. The van der Waals surface area contributed by atoms with Crippen molar-refractivity contribution in [2.75, 3.05) is 13.7 Å². The molecular formula is C18H18O3. The van der Waals surface area contributed by atoms with Gasteiger partial charge in [0.25, 0.3) is 0 Å². The monoisotopic (exact) mass is 282 g/mol. The molecule has 21 heavy (non-hydrogen) atoms. The predicted octanol–water partition coefficient (Wildman–Crippen LogP) is 2.93. The molecule has 2 aromatic rings. The van der Waals surface area contributed by atoms with Crippen LogP contribution in [0.3, 0.4) is 0 Å². The van der Waals surface area contributed by atoms with Crippen LogP contribution < -0.4 is 9.47 Å². The molecule has 0 atom stereocenters. The lowest BCUT2D eigenvalue weighted by Crippen LogP contribution is -2.00. The topological polar surface area (TPSA) is 38.7 Å². The molecule has 0 saturated heterocycles. The third-order valence-corrected chi connectivity index (χ3v) is 3.01. The predicted molar refractivity (Wildman–Crippen MR) is 82.5 cm³/mol. The van der Waals surface area contributed by atoms with Crippen LogP contribution in [-0.4, -0.2) is 18.8 Å². The van der Waals surface area contributed by atoms with Crippen LogP contribution in [0.25, 0.3) is 0 Å². The Balaban J connectivity index is 2.20. The van der Waals surface area contributed by atoms with E-state index in [0.717, 1.165) is 22.4 Å². The summed E-state index contributed by atoms with van der Waals surface area (Å²) >= 11 is 0. The van der Waals surface area contributed by atoms with Gasteiger partial charge in [0.1, 0.15) is 24.7 Å². The summed E-state index contributed by atoms with van der Waals surface area (Å²) < 4.78 is 11.2. The highest BCUT2D eigenvalue weighted by Crippen LogP contribution is 2.23. The second kappa shape index (κ2) is 7.37. The van der Waals surface area contributed by atoms with E-state index in [-0.39, 0.29) is 6.61 Å². The van der Waals surface area contributed by atoms with Crippen LogP contribution in [0.2, 0.25) is 0 Å². The van der Waals surface area contributed by atoms with Crippen molar-refractivity contribution in [3.8, 4) is 23.3 Å². The standard InChI is InChI=1S/C18H18O3/c1-14-9-10-18(15(12-14)7-5-11-19)21-13-16-6-3-4-8-17(16)20-2/h3-4,6,8-10,12,19H,11,13H2,1-2H3. The molecule has 108 valence electrons. The van der Waals surface area contributed by atoms with Crippen LogP contribution in [0.5, 0.6) is 11.5 Å². The summed E-state index contributed by atoms with van der Waals surface area (Å²) in [5.41, 5.74) is 2.85. The number of para-hydroxylation sites is 1. The quantitative estimate of drug-likeness (QED) is 0.876. The van der Waals surface area contributed by atoms with Gasteiger partial charge in [-0.2, -0.15) is 0 Å². The molecule has 0 fully saturated rings. The maximum Gasteiger partial charge on any atom is 0.135 e.